The summed E-state index contributed by atoms with van der Waals surface area (Å²) in [5.74, 6) is -0.869. The van der Waals surface area contributed by atoms with Crippen molar-refractivity contribution in [3.05, 3.63) is 30.2 Å². The molecule has 0 bridgehead atoms. The Morgan fingerprint density at radius 2 is 1.80 bits per heavy atom. The fourth-order valence-corrected chi connectivity index (χ4v) is 1.42. The maximum Gasteiger partial charge on any atom is 1.00 e. The minimum atomic E-state index is -5.18. The molecule has 1 heterocycles. The molecule has 0 aliphatic carbocycles. The minimum absolute atomic E-state index is 0. The van der Waals surface area contributed by atoms with E-state index < -0.39 is 18.3 Å². The number of aromatic amines is 1. The third-order valence-corrected chi connectivity index (χ3v) is 2.01. The van der Waals surface area contributed by atoms with Gasteiger partial charge in [-0.25, -0.2) is 4.39 Å². The average molecular weight is 241 g/mol. The molecule has 0 radical (unpaired) electrons. The molecule has 1 aromatic carbocycles. The summed E-state index contributed by atoms with van der Waals surface area (Å²) >= 11 is 0. The Balaban J connectivity index is 0.00000112. The molecule has 15 heavy (non-hydrogen) atoms. The van der Waals surface area contributed by atoms with Crippen LogP contribution >= 0.6 is 0 Å². The van der Waals surface area contributed by atoms with E-state index in [0.717, 1.165) is 6.07 Å². The van der Waals surface area contributed by atoms with E-state index in [0.29, 0.717) is 6.07 Å². The number of nitrogens with one attached hydrogen (secondary N) is 1. The maximum atomic E-state index is 12.8. The van der Waals surface area contributed by atoms with E-state index in [2.05, 4.69) is 4.98 Å². The molecule has 0 spiro atoms. The first-order valence-electron chi connectivity index (χ1n) is 3.95. The molecular weight excluding hydrogens is 236 g/mol. The summed E-state index contributed by atoms with van der Waals surface area (Å²) in [5, 5.41) is 0.235. The molecular formula is C8H5BF4KN. The molecule has 2 aromatic rings. The van der Waals surface area contributed by atoms with Crippen molar-refractivity contribution >= 4 is 23.3 Å². The van der Waals surface area contributed by atoms with Crippen molar-refractivity contribution < 1.29 is 68.7 Å². The second-order valence-corrected chi connectivity index (χ2v) is 3.01. The first-order chi connectivity index (χ1) is 6.48. The summed E-state index contributed by atoms with van der Waals surface area (Å²) in [5.41, 5.74) is -0.969. The third-order valence-electron chi connectivity index (χ3n) is 2.01. The third kappa shape index (κ3) is 2.65. The van der Waals surface area contributed by atoms with Crippen LogP contribution in [0.4, 0.5) is 17.3 Å². The standard InChI is InChI=1S/C8H5BF4N.K/c10-6-3-5-1-2-14-8(5)7(4-6)9(11,12)13;/h1-4,14H;/q-1;+1. The summed E-state index contributed by atoms with van der Waals surface area (Å²) in [6, 6.07) is 2.99. The van der Waals surface area contributed by atoms with Crippen LogP contribution in [-0.4, -0.2) is 12.0 Å². The van der Waals surface area contributed by atoms with Crippen LogP contribution in [-0.2, 0) is 0 Å². The Labute approximate surface area is 126 Å². The summed E-state index contributed by atoms with van der Waals surface area (Å²) in [7, 11) is 0. The number of hydrogen-bond acceptors (Lipinski definition) is 0. The quantitative estimate of drug-likeness (QED) is 0.505. The van der Waals surface area contributed by atoms with Gasteiger partial charge in [0.15, 0.2) is 0 Å². The molecule has 1 nitrogen and oxygen atoms in total. The number of aromatic nitrogens is 1. The van der Waals surface area contributed by atoms with Crippen molar-refractivity contribution in [3.63, 3.8) is 0 Å². The van der Waals surface area contributed by atoms with Gasteiger partial charge in [-0.2, -0.15) is 0 Å². The van der Waals surface area contributed by atoms with Gasteiger partial charge in [-0.15, -0.1) is 0 Å². The number of hydrogen-bond donors (Lipinski definition) is 1. The Hall–Kier alpha value is 0.181. The molecule has 0 unspecified atom stereocenters. The summed E-state index contributed by atoms with van der Waals surface area (Å²) in [6.45, 7) is -5.18. The molecule has 0 amide bonds. The normalized spacial score (nSPS) is 11.5. The van der Waals surface area contributed by atoms with Gasteiger partial charge in [-0.1, -0.05) is 11.5 Å². The van der Waals surface area contributed by atoms with Crippen LogP contribution in [0.15, 0.2) is 24.4 Å². The van der Waals surface area contributed by atoms with Crippen molar-refractivity contribution in [1.82, 2.24) is 4.98 Å². The van der Waals surface area contributed by atoms with Crippen LogP contribution < -0.4 is 56.8 Å². The SMILES string of the molecule is Fc1cc([B-](F)(F)F)c2[nH]ccc2c1.[K+]. The first-order valence-corrected chi connectivity index (χ1v) is 3.95. The monoisotopic (exact) mass is 241 g/mol. The van der Waals surface area contributed by atoms with E-state index in [1.54, 1.807) is 0 Å². The Morgan fingerprint density at radius 1 is 1.13 bits per heavy atom. The van der Waals surface area contributed by atoms with Gasteiger partial charge in [0.2, 0.25) is 0 Å². The van der Waals surface area contributed by atoms with Crippen molar-refractivity contribution in [1.29, 1.82) is 0 Å². The van der Waals surface area contributed by atoms with Gasteiger partial charge in [-0.05, 0) is 17.5 Å². The summed E-state index contributed by atoms with van der Waals surface area (Å²) in [6.07, 6.45) is 1.36. The number of halogens is 4. The minimum Gasteiger partial charge on any atom is -0.445 e. The van der Waals surface area contributed by atoms with E-state index in [-0.39, 0.29) is 62.3 Å². The number of benzene rings is 1. The largest absolute Gasteiger partial charge is 1.00 e. The van der Waals surface area contributed by atoms with Crippen LogP contribution in [0.5, 0.6) is 0 Å². The van der Waals surface area contributed by atoms with Crippen LogP contribution in [0.25, 0.3) is 10.9 Å². The first kappa shape index (κ1) is 13.2. The predicted molar refractivity (Wildman–Crippen MR) is 47.0 cm³/mol. The van der Waals surface area contributed by atoms with Gasteiger partial charge in [-0.3, -0.25) is 0 Å². The van der Waals surface area contributed by atoms with Gasteiger partial charge in [0, 0.05) is 11.7 Å². The van der Waals surface area contributed by atoms with Gasteiger partial charge in [0.05, 0.1) is 0 Å². The van der Waals surface area contributed by atoms with E-state index in [4.69, 9.17) is 0 Å². The van der Waals surface area contributed by atoms with Crippen molar-refractivity contribution in [3.8, 4) is 0 Å². The second kappa shape index (κ2) is 4.59. The second-order valence-electron chi connectivity index (χ2n) is 3.01. The van der Waals surface area contributed by atoms with Crippen molar-refractivity contribution in [2.45, 2.75) is 0 Å². The molecule has 1 aromatic heterocycles. The zero-order valence-corrected chi connectivity index (χ0v) is 11.0. The topological polar surface area (TPSA) is 15.8 Å². The molecule has 1 N–H and O–H groups in total. The van der Waals surface area contributed by atoms with Gasteiger partial charge >= 0.3 is 58.4 Å². The maximum absolute atomic E-state index is 12.8. The fourth-order valence-electron chi connectivity index (χ4n) is 1.42. The van der Waals surface area contributed by atoms with E-state index in [1.165, 1.54) is 12.3 Å². The van der Waals surface area contributed by atoms with Crippen LogP contribution in [0.1, 0.15) is 0 Å². The molecule has 0 saturated heterocycles. The average Bonchev–Trinajstić information content (AvgIpc) is 2.47. The molecule has 0 fully saturated rings. The number of rotatable bonds is 1. The molecule has 0 atom stereocenters. The van der Waals surface area contributed by atoms with E-state index in [9.17, 15) is 17.3 Å². The zero-order chi connectivity index (χ0) is 10.3. The van der Waals surface area contributed by atoms with Crippen LogP contribution in [0.3, 0.4) is 0 Å². The number of H-pyrrole nitrogens is 1. The molecule has 0 aliphatic heterocycles. The number of fused-ring (bicyclic) bond motifs is 1. The zero-order valence-electron chi connectivity index (χ0n) is 7.90. The molecule has 74 valence electrons. The molecule has 7 heteroatoms. The summed E-state index contributed by atoms with van der Waals surface area (Å²) < 4.78 is 50.2. The Kier molecular flexibility index (Phi) is 4.05. The Morgan fingerprint density at radius 3 is 2.40 bits per heavy atom. The smallest absolute Gasteiger partial charge is 0.445 e. The van der Waals surface area contributed by atoms with Gasteiger partial charge < -0.3 is 17.9 Å². The van der Waals surface area contributed by atoms with Gasteiger partial charge in [0.1, 0.15) is 5.82 Å². The Bertz CT molecular complexity index is 479. The summed E-state index contributed by atoms with van der Waals surface area (Å²) in [4.78, 5) is 2.45. The van der Waals surface area contributed by atoms with Crippen molar-refractivity contribution in [2.75, 3.05) is 0 Å². The van der Waals surface area contributed by atoms with E-state index in [1.807, 2.05) is 0 Å². The van der Waals surface area contributed by atoms with E-state index >= 15 is 0 Å². The molecule has 0 aliphatic rings. The van der Waals surface area contributed by atoms with Crippen LogP contribution in [0, 0.1) is 5.82 Å². The molecule has 0 saturated carbocycles. The van der Waals surface area contributed by atoms with Crippen molar-refractivity contribution in [2.24, 2.45) is 0 Å². The molecule has 2 rings (SSSR count). The fraction of sp³-hybridized carbons (Fsp3) is 0. The predicted octanol–water partition coefficient (Wildman–Crippen LogP) is -0.635. The van der Waals surface area contributed by atoms with Gasteiger partial charge in [0.25, 0.3) is 0 Å². The van der Waals surface area contributed by atoms with Crippen LogP contribution in [0.2, 0.25) is 0 Å².